The van der Waals surface area contributed by atoms with E-state index in [1.807, 2.05) is 44.2 Å². The summed E-state index contributed by atoms with van der Waals surface area (Å²) in [7, 11) is 0. The molecule has 152 valence electrons. The minimum Gasteiger partial charge on any atom is -0.486 e. The van der Waals surface area contributed by atoms with Crippen LogP contribution in [0.5, 0.6) is 11.5 Å². The molecule has 0 unspecified atom stereocenters. The average molecular weight is 459 g/mol. The van der Waals surface area contributed by atoms with Crippen LogP contribution in [0.25, 0.3) is 0 Å². The Hall–Kier alpha value is -2.54. The van der Waals surface area contributed by atoms with Crippen LogP contribution in [0, 0.1) is 5.92 Å². The number of ether oxygens (including phenoxy) is 2. The highest BCUT2D eigenvalue weighted by Crippen LogP contribution is 2.36. The molecule has 0 aromatic heterocycles. The van der Waals surface area contributed by atoms with Gasteiger partial charge >= 0.3 is 0 Å². The van der Waals surface area contributed by atoms with Gasteiger partial charge in [0.2, 0.25) is 11.8 Å². The zero-order valence-electron chi connectivity index (χ0n) is 16.4. The molecule has 2 heterocycles. The molecule has 1 atom stereocenters. The molecule has 0 spiro atoms. The molecular weight excluding hydrogens is 436 g/mol. The third-order valence-electron chi connectivity index (χ3n) is 5.33. The van der Waals surface area contributed by atoms with E-state index < -0.39 is 11.5 Å². The van der Waals surface area contributed by atoms with Crippen molar-refractivity contribution in [1.82, 2.24) is 5.32 Å². The first-order chi connectivity index (χ1) is 13.8. The standard InChI is InChI=1S/C22H23BrN2O4/c1-22(2,15-3-5-16(23)6-4-15)24-21(27)14-11-20(26)25(13-14)17-7-8-18-19(12-17)29-10-9-28-18/h3-8,12,14H,9-11,13H2,1-2H3,(H,24,27)/t14-/m1/s1. The van der Waals surface area contributed by atoms with Crippen LogP contribution in [0.2, 0.25) is 0 Å². The first-order valence-corrected chi connectivity index (χ1v) is 10.4. The summed E-state index contributed by atoms with van der Waals surface area (Å²) < 4.78 is 12.1. The van der Waals surface area contributed by atoms with Crippen LogP contribution in [0.1, 0.15) is 25.8 Å². The fourth-order valence-electron chi connectivity index (χ4n) is 3.68. The van der Waals surface area contributed by atoms with Gasteiger partial charge in [0.15, 0.2) is 11.5 Å². The third-order valence-corrected chi connectivity index (χ3v) is 5.86. The molecule has 1 fully saturated rings. The molecule has 2 amide bonds. The van der Waals surface area contributed by atoms with Gasteiger partial charge in [0.1, 0.15) is 13.2 Å². The molecule has 0 bridgehead atoms. The Balaban J connectivity index is 1.46. The SMILES string of the molecule is CC(C)(NC(=O)[C@@H]1CC(=O)N(c2ccc3c(c2)OCCO3)C1)c1ccc(Br)cc1. The molecule has 2 aromatic carbocycles. The topological polar surface area (TPSA) is 67.9 Å². The number of hydrogen-bond acceptors (Lipinski definition) is 4. The fraction of sp³-hybridized carbons (Fsp3) is 0.364. The van der Waals surface area contributed by atoms with Crippen LogP contribution in [0.15, 0.2) is 46.9 Å². The van der Waals surface area contributed by atoms with E-state index in [9.17, 15) is 9.59 Å². The van der Waals surface area contributed by atoms with Crippen molar-refractivity contribution in [2.24, 2.45) is 5.92 Å². The lowest BCUT2D eigenvalue weighted by molar-refractivity contribution is -0.127. The van der Waals surface area contributed by atoms with Gasteiger partial charge in [-0.2, -0.15) is 0 Å². The number of anilines is 1. The summed E-state index contributed by atoms with van der Waals surface area (Å²) in [5, 5.41) is 3.10. The van der Waals surface area contributed by atoms with Crippen molar-refractivity contribution in [2.45, 2.75) is 25.8 Å². The Morgan fingerprint density at radius 3 is 2.52 bits per heavy atom. The number of nitrogens with one attached hydrogen (secondary N) is 1. The van der Waals surface area contributed by atoms with Gasteiger partial charge in [-0.15, -0.1) is 0 Å². The van der Waals surface area contributed by atoms with Gasteiger partial charge in [0, 0.05) is 29.2 Å². The molecule has 1 N–H and O–H groups in total. The van der Waals surface area contributed by atoms with Crippen molar-refractivity contribution >= 4 is 33.4 Å². The van der Waals surface area contributed by atoms with Crippen LogP contribution >= 0.6 is 15.9 Å². The minimum absolute atomic E-state index is 0.0664. The Morgan fingerprint density at radius 2 is 1.79 bits per heavy atom. The smallest absolute Gasteiger partial charge is 0.227 e. The molecule has 2 aromatic rings. The lowest BCUT2D eigenvalue weighted by Crippen LogP contribution is -2.44. The van der Waals surface area contributed by atoms with Crippen LogP contribution in [0.3, 0.4) is 0 Å². The highest BCUT2D eigenvalue weighted by Gasteiger charge is 2.37. The number of hydrogen-bond donors (Lipinski definition) is 1. The molecule has 0 aliphatic carbocycles. The summed E-state index contributed by atoms with van der Waals surface area (Å²) in [5.41, 5.74) is 1.19. The molecule has 0 saturated carbocycles. The second-order valence-corrected chi connectivity index (χ2v) is 8.77. The van der Waals surface area contributed by atoms with Crippen LogP contribution in [0.4, 0.5) is 5.69 Å². The van der Waals surface area contributed by atoms with Gasteiger partial charge in [-0.05, 0) is 43.7 Å². The number of rotatable bonds is 4. The van der Waals surface area contributed by atoms with Gasteiger partial charge in [0.25, 0.3) is 0 Å². The predicted molar refractivity (Wildman–Crippen MR) is 113 cm³/mol. The van der Waals surface area contributed by atoms with Gasteiger partial charge in [-0.25, -0.2) is 0 Å². The van der Waals surface area contributed by atoms with E-state index in [0.29, 0.717) is 31.3 Å². The Bertz CT molecular complexity index is 942. The summed E-state index contributed by atoms with van der Waals surface area (Å²) in [6, 6.07) is 13.3. The molecule has 7 heteroatoms. The van der Waals surface area contributed by atoms with Crippen LogP contribution in [-0.2, 0) is 15.1 Å². The number of fused-ring (bicyclic) bond motifs is 1. The van der Waals surface area contributed by atoms with E-state index in [4.69, 9.17) is 9.47 Å². The average Bonchev–Trinajstić information content (AvgIpc) is 3.09. The lowest BCUT2D eigenvalue weighted by atomic mass is 9.93. The van der Waals surface area contributed by atoms with Crippen molar-refractivity contribution in [3.05, 3.63) is 52.5 Å². The van der Waals surface area contributed by atoms with Crippen molar-refractivity contribution in [2.75, 3.05) is 24.7 Å². The molecule has 2 aliphatic rings. The number of benzene rings is 2. The van der Waals surface area contributed by atoms with Gasteiger partial charge in [0.05, 0.1) is 11.5 Å². The van der Waals surface area contributed by atoms with Crippen LogP contribution < -0.4 is 19.7 Å². The highest BCUT2D eigenvalue weighted by molar-refractivity contribution is 9.10. The van der Waals surface area contributed by atoms with Gasteiger partial charge < -0.3 is 19.7 Å². The zero-order chi connectivity index (χ0) is 20.6. The summed E-state index contributed by atoms with van der Waals surface area (Å²) >= 11 is 3.43. The Labute approximate surface area is 178 Å². The molecule has 6 nitrogen and oxygen atoms in total. The molecule has 0 radical (unpaired) electrons. The lowest BCUT2D eigenvalue weighted by Gasteiger charge is -2.28. The maximum Gasteiger partial charge on any atom is 0.227 e. The highest BCUT2D eigenvalue weighted by atomic mass is 79.9. The second kappa shape index (κ2) is 7.71. The largest absolute Gasteiger partial charge is 0.486 e. The monoisotopic (exact) mass is 458 g/mol. The van der Waals surface area contributed by atoms with Gasteiger partial charge in [-0.1, -0.05) is 28.1 Å². The molecule has 29 heavy (non-hydrogen) atoms. The molecule has 4 rings (SSSR count). The number of carbonyl (C=O) groups excluding carboxylic acids is 2. The summed E-state index contributed by atoms with van der Waals surface area (Å²) in [5.74, 6) is 0.725. The number of amides is 2. The summed E-state index contributed by atoms with van der Waals surface area (Å²) in [4.78, 5) is 27.2. The Morgan fingerprint density at radius 1 is 1.10 bits per heavy atom. The number of nitrogens with zero attached hydrogens (tertiary/aromatic N) is 1. The van der Waals surface area contributed by atoms with Crippen LogP contribution in [-0.4, -0.2) is 31.6 Å². The quantitative estimate of drug-likeness (QED) is 0.759. The van der Waals surface area contributed by atoms with Crippen molar-refractivity contribution in [1.29, 1.82) is 0 Å². The fourth-order valence-corrected chi connectivity index (χ4v) is 3.95. The predicted octanol–water partition coefficient (Wildman–Crippen LogP) is 3.62. The van der Waals surface area contributed by atoms with E-state index in [2.05, 4.69) is 21.2 Å². The van der Waals surface area contributed by atoms with E-state index in [1.165, 1.54) is 0 Å². The third kappa shape index (κ3) is 4.10. The number of halogens is 1. The second-order valence-electron chi connectivity index (χ2n) is 7.85. The van der Waals surface area contributed by atoms with E-state index >= 15 is 0 Å². The summed E-state index contributed by atoms with van der Waals surface area (Å²) in [6.45, 7) is 5.28. The molecular formula is C22H23BrN2O4. The maximum atomic E-state index is 12.9. The first-order valence-electron chi connectivity index (χ1n) is 9.61. The van der Waals surface area contributed by atoms with Crippen molar-refractivity contribution < 1.29 is 19.1 Å². The molecule has 2 aliphatic heterocycles. The van der Waals surface area contributed by atoms with Crippen molar-refractivity contribution in [3.63, 3.8) is 0 Å². The van der Waals surface area contributed by atoms with E-state index in [-0.39, 0.29) is 18.2 Å². The minimum atomic E-state index is -0.536. The zero-order valence-corrected chi connectivity index (χ0v) is 18.0. The van der Waals surface area contributed by atoms with E-state index in [0.717, 1.165) is 15.7 Å². The molecule has 1 saturated heterocycles. The normalized spacial score (nSPS) is 18.7. The van der Waals surface area contributed by atoms with Gasteiger partial charge in [-0.3, -0.25) is 9.59 Å². The Kier molecular flexibility index (Phi) is 5.25. The summed E-state index contributed by atoms with van der Waals surface area (Å²) in [6.07, 6.45) is 0.191. The van der Waals surface area contributed by atoms with Crippen molar-refractivity contribution in [3.8, 4) is 11.5 Å². The number of carbonyl (C=O) groups is 2. The maximum absolute atomic E-state index is 12.9. The van der Waals surface area contributed by atoms with E-state index in [1.54, 1.807) is 17.0 Å². The first kappa shape index (κ1) is 19.8.